The summed E-state index contributed by atoms with van der Waals surface area (Å²) in [7, 11) is 0. The van der Waals surface area contributed by atoms with E-state index in [1.807, 2.05) is 18.2 Å². The van der Waals surface area contributed by atoms with Gasteiger partial charge in [0.2, 0.25) is 5.60 Å². The highest BCUT2D eigenvalue weighted by Gasteiger charge is 2.60. The van der Waals surface area contributed by atoms with Gasteiger partial charge in [-0.25, -0.2) is 0 Å². The average Bonchev–Trinajstić information content (AvgIpc) is 3.23. The number of benzene rings is 2. The highest BCUT2D eigenvalue weighted by Crippen LogP contribution is 2.53. The standard InChI is InChI=1S/C21H16Cl2F3NO2/c22-16-4-15(5-17(23)6-16)20(21(24,25)26)7-14(9-29-20)12-1-2-18-13(3-12)8-28-19(18)10-27-11-19/h1-6,9,27H,7-8,10-11H2. The summed E-state index contributed by atoms with van der Waals surface area (Å²) in [5.41, 5.74) is 0.332. The largest absolute Gasteiger partial charge is 0.480 e. The third-order valence-corrected chi connectivity index (χ3v) is 6.36. The van der Waals surface area contributed by atoms with Crippen LogP contribution in [-0.4, -0.2) is 19.3 Å². The molecule has 0 saturated carbocycles. The quantitative estimate of drug-likeness (QED) is 0.663. The van der Waals surface area contributed by atoms with Gasteiger partial charge in [0.1, 0.15) is 5.60 Å². The lowest BCUT2D eigenvalue weighted by Gasteiger charge is -2.39. The first-order chi connectivity index (χ1) is 13.7. The van der Waals surface area contributed by atoms with E-state index >= 15 is 0 Å². The van der Waals surface area contributed by atoms with E-state index in [9.17, 15) is 13.2 Å². The van der Waals surface area contributed by atoms with Gasteiger partial charge >= 0.3 is 6.18 Å². The molecular formula is C21H16Cl2F3NO2. The molecule has 0 bridgehead atoms. The van der Waals surface area contributed by atoms with Crippen molar-refractivity contribution in [2.45, 2.75) is 30.4 Å². The van der Waals surface area contributed by atoms with Crippen LogP contribution in [-0.2, 0) is 27.3 Å². The summed E-state index contributed by atoms with van der Waals surface area (Å²) in [6.45, 7) is 1.95. The molecule has 1 atom stereocenters. The number of halogens is 5. The number of rotatable bonds is 2. The molecule has 1 N–H and O–H groups in total. The Balaban J connectivity index is 1.50. The number of alkyl halides is 3. The maximum atomic E-state index is 14.2. The van der Waals surface area contributed by atoms with Gasteiger partial charge in [0.15, 0.2) is 0 Å². The minimum Gasteiger partial charge on any atom is -0.480 e. The smallest absolute Gasteiger partial charge is 0.432 e. The Labute approximate surface area is 175 Å². The summed E-state index contributed by atoms with van der Waals surface area (Å²) in [5.74, 6) is 0. The Hall–Kier alpha value is -1.73. The zero-order valence-corrected chi connectivity index (χ0v) is 16.6. The Morgan fingerprint density at radius 1 is 1.00 bits per heavy atom. The van der Waals surface area contributed by atoms with Gasteiger partial charge in [-0.2, -0.15) is 13.2 Å². The predicted octanol–water partition coefficient (Wildman–Crippen LogP) is 5.54. The summed E-state index contributed by atoms with van der Waals surface area (Å²) in [6, 6.07) is 9.58. The van der Waals surface area contributed by atoms with E-state index in [2.05, 4.69) is 5.32 Å². The van der Waals surface area contributed by atoms with Gasteiger partial charge in [-0.05, 0) is 46.5 Å². The first-order valence-electron chi connectivity index (χ1n) is 9.11. The van der Waals surface area contributed by atoms with Crippen LogP contribution >= 0.6 is 23.2 Å². The second-order valence-electron chi connectivity index (χ2n) is 7.68. The van der Waals surface area contributed by atoms with E-state index in [0.29, 0.717) is 17.7 Å². The van der Waals surface area contributed by atoms with Crippen molar-refractivity contribution in [1.82, 2.24) is 5.32 Å². The van der Waals surface area contributed by atoms with Gasteiger partial charge in [0.05, 0.1) is 12.9 Å². The van der Waals surface area contributed by atoms with E-state index in [1.54, 1.807) is 0 Å². The molecule has 152 valence electrons. The Kier molecular flexibility index (Phi) is 4.24. The van der Waals surface area contributed by atoms with Crippen molar-refractivity contribution >= 4 is 28.8 Å². The van der Waals surface area contributed by atoms with Gasteiger partial charge < -0.3 is 14.8 Å². The van der Waals surface area contributed by atoms with E-state index in [1.165, 1.54) is 24.5 Å². The number of fused-ring (bicyclic) bond motifs is 2. The van der Waals surface area contributed by atoms with Gasteiger partial charge in [-0.1, -0.05) is 35.3 Å². The van der Waals surface area contributed by atoms with Crippen LogP contribution in [0.1, 0.15) is 28.7 Å². The molecule has 1 saturated heterocycles. The fourth-order valence-electron chi connectivity index (χ4n) is 4.28. The number of nitrogens with one attached hydrogen (secondary N) is 1. The molecule has 3 aliphatic rings. The molecule has 0 radical (unpaired) electrons. The molecule has 0 aliphatic carbocycles. The lowest BCUT2D eigenvalue weighted by molar-refractivity contribution is -0.260. The molecule has 5 rings (SSSR count). The normalized spacial score (nSPS) is 24.8. The van der Waals surface area contributed by atoms with E-state index in [0.717, 1.165) is 24.2 Å². The molecule has 0 aromatic heterocycles. The van der Waals surface area contributed by atoms with Gasteiger partial charge in [-0.15, -0.1) is 0 Å². The predicted molar refractivity (Wildman–Crippen MR) is 104 cm³/mol. The van der Waals surface area contributed by atoms with Gasteiger partial charge in [0, 0.05) is 35.1 Å². The molecule has 2 aromatic carbocycles. The van der Waals surface area contributed by atoms with E-state index in [-0.39, 0.29) is 27.6 Å². The molecule has 3 aliphatic heterocycles. The van der Waals surface area contributed by atoms with Crippen molar-refractivity contribution in [3.63, 3.8) is 0 Å². The highest BCUT2D eigenvalue weighted by atomic mass is 35.5. The fraction of sp³-hybridized carbons (Fsp3) is 0.333. The Morgan fingerprint density at radius 2 is 1.72 bits per heavy atom. The first-order valence-corrected chi connectivity index (χ1v) is 9.87. The third kappa shape index (κ3) is 2.88. The summed E-state index contributed by atoms with van der Waals surface area (Å²) >= 11 is 11.9. The van der Waals surface area contributed by atoms with Crippen molar-refractivity contribution in [2.24, 2.45) is 0 Å². The molecule has 3 heterocycles. The lowest BCUT2D eigenvalue weighted by Crippen LogP contribution is -2.56. The zero-order valence-electron chi connectivity index (χ0n) is 15.1. The Morgan fingerprint density at radius 3 is 2.34 bits per heavy atom. The van der Waals surface area contributed by atoms with E-state index < -0.39 is 11.8 Å². The Bertz CT molecular complexity index is 1010. The van der Waals surface area contributed by atoms with Crippen LogP contribution in [0.4, 0.5) is 13.2 Å². The SMILES string of the molecule is FC(F)(F)C1(c2cc(Cl)cc(Cl)c2)CC(c2ccc3c(c2)COC32CNC2)=CO1. The zero-order chi connectivity index (χ0) is 20.4. The topological polar surface area (TPSA) is 30.5 Å². The van der Waals surface area contributed by atoms with Crippen LogP contribution in [0.5, 0.6) is 0 Å². The lowest BCUT2D eigenvalue weighted by atomic mass is 9.83. The van der Waals surface area contributed by atoms with Gasteiger partial charge in [-0.3, -0.25) is 0 Å². The van der Waals surface area contributed by atoms with Crippen LogP contribution < -0.4 is 5.32 Å². The molecular weight excluding hydrogens is 426 g/mol. The monoisotopic (exact) mass is 441 g/mol. The van der Waals surface area contributed by atoms with Crippen LogP contribution in [0.25, 0.3) is 5.57 Å². The highest BCUT2D eigenvalue weighted by molar-refractivity contribution is 6.34. The van der Waals surface area contributed by atoms with Crippen LogP contribution in [0.3, 0.4) is 0 Å². The molecule has 1 fully saturated rings. The van der Waals surface area contributed by atoms with Crippen molar-refractivity contribution in [1.29, 1.82) is 0 Å². The number of hydrogen-bond donors (Lipinski definition) is 1. The minimum absolute atomic E-state index is 0.113. The van der Waals surface area contributed by atoms with Crippen molar-refractivity contribution in [3.05, 3.63) is 75.0 Å². The van der Waals surface area contributed by atoms with Gasteiger partial charge in [0.25, 0.3) is 0 Å². The molecule has 2 aromatic rings. The maximum Gasteiger partial charge on any atom is 0.432 e. The summed E-state index contributed by atoms with van der Waals surface area (Å²) in [4.78, 5) is 0. The van der Waals surface area contributed by atoms with Crippen LogP contribution in [0, 0.1) is 0 Å². The van der Waals surface area contributed by atoms with Crippen molar-refractivity contribution < 1.29 is 22.6 Å². The summed E-state index contributed by atoms with van der Waals surface area (Å²) in [5, 5.41) is 3.46. The number of ether oxygens (including phenoxy) is 2. The van der Waals surface area contributed by atoms with Crippen molar-refractivity contribution in [3.8, 4) is 0 Å². The van der Waals surface area contributed by atoms with E-state index in [4.69, 9.17) is 32.7 Å². The maximum absolute atomic E-state index is 14.2. The molecule has 8 heteroatoms. The van der Waals surface area contributed by atoms with Crippen LogP contribution in [0.2, 0.25) is 10.0 Å². The molecule has 0 amide bonds. The number of hydrogen-bond acceptors (Lipinski definition) is 3. The summed E-state index contributed by atoms with van der Waals surface area (Å²) < 4.78 is 53.7. The second-order valence-corrected chi connectivity index (χ2v) is 8.55. The molecule has 1 unspecified atom stereocenters. The van der Waals surface area contributed by atoms with Crippen molar-refractivity contribution in [2.75, 3.05) is 13.1 Å². The molecule has 3 nitrogen and oxygen atoms in total. The molecule has 29 heavy (non-hydrogen) atoms. The second kappa shape index (κ2) is 6.38. The first kappa shape index (κ1) is 19.2. The minimum atomic E-state index is -4.65. The fourth-order valence-corrected chi connectivity index (χ4v) is 4.80. The third-order valence-electron chi connectivity index (χ3n) is 5.92. The van der Waals surface area contributed by atoms with Crippen LogP contribution in [0.15, 0.2) is 42.7 Å². The molecule has 1 spiro atoms. The summed E-state index contributed by atoms with van der Waals surface area (Å²) in [6.07, 6.45) is -3.82. The average molecular weight is 442 g/mol.